The third-order valence-electron chi connectivity index (χ3n) is 11.3. The van der Waals surface area contributed by atoms with Gasteiger partial charge in [0, 0.05) is 5.41 Å². The van der Waals surface area contributed by atoms with Gasteiger partial charge in [-0.3, -0.25) is 0 Å². The van der Waals surface area contributed by atoms with Gasteiger partial charge in [0.15, 0.2) is 0 Å². The zero-order valence-electron chi connectivity index (χ0n) is 20.9. The number of aliphatic hydroxyl groups is 1. The normalized spacial score (nSPS) is 45.3. The lowest BCUT2D eigenvalue weighted by Crippen LogP contribution is -2.54. The molecule has 0 aromatic carbocycles. The van der Waals surface area contributed by atoms with Crippen molar-refractivity contribution in [1.29, 1.82) is 0 Å². The maximum Gasteiger partial charge on any atom is 0.0602 e. The number of fused-ring (bicyclic) bond motifs is 5. The minimum atomic E-state index is -0.0764. The summed E-state index contributed by atoms with van der Waals surface area (Å²) in [4.78, 5) is 0. The van der Waals surface area contributed by atoms with Crippen molar-refractivity contribution in [2.45, 2.75) is 118 Å². The van der Waals surface area contributed by atoms with Crippen LogP contribution in [0.5, 0.6) is 0 Å². The van der Waals surface area contributed by atoms with E-state index in [2.05, 4.69) is 47.6 Å². The van der Waals surface area contributed by atoms with Gasteiger partial charge in [0.1, 0.15) is 0 Å². The minimum Gasteiger partial charge on any atom is -0.393 e. The van der Waals surface area contributed by atoms with E-state index >= 15 is 0 Å². The Kier molecular flexibility index (Phi) is 6.53. The maximum atomic E-state index is 11.1. The van der Waals surface area contributed by atoms with E-state index in [1.54, 1.807) is 5.57 Å². The highest BCUT2D eigenvalue weighted by molar-refractivity contribution is 5.28. The van der Waals surface area contributed by atoms with Crippen molar-refractivity contribution in [2.75, 3.05) is 0 Å². The fourth-order valence-electron chi connectivity index (χ4n) is 9.23. The quantitative estimate of drug-likeness (QED) is 0.436. The SMILES string of the molecule is CCC(CC[C@@H](C)[C@H]1CC[C@H]2C3=CCC4CCCC(O)[C@]4(C)[C@H]3CC[C@]12C)C(C)C. The van der Waals surface area contributed by atoms with Crippen molar-refractivity contribution in [3.8, 4) is 0 Å². The topological polar surface area (TPSA) is 20.2 Å². The molecule has 3 saturated carbocycles. The van der Waals surface area contributed by atoms with Gasteiger partial charge in [-0.2, -0.15) is 0 Å². The fourth-order valence-corrected chi connectivity index (χ4v) is 9.23. The van der Waals surface area contributed by atoms with Crippen LogP contribution in [0, 0.1) is 52.3 Å². The van der Waals surface area contributed by atoms with E-state index in [1.165, 1.54) is 64.2 Å². The van der Waals surface area contributed by atoms with Gasteiger partial charge in [0.2, 0.25) is 0 Å². The zero-order valence-corrected chi connectivity index (χ0v) is 20.9. The summed E-state index contributed by atoms with van der Waals surface area (Å²) in [5.74, 6) is 5.66. The van der Waals surface area contributed by atoms with Crippen molar-refractivity contribution in [1.82, 2.24) is 0 Å². The second-order valence-corrected chi connectivity index (χ2v) is 12.7. The Balaban J connectivity index is 1.50. The predicted molar refractivity (Wildman–Crippen MR) is 128 cm³/mol. The van der Waals surface area contributed by atoms with Crippen LogP contribution in [0.3, 0.4) is 0 Å². The van der Waals surface area contributed by atoms with Gasteiger partial charge >= 0.3 is 0 Å². The number of aliphatic hydroxyl groups excluding tert-OH is 1. The van der Waals surface area contributed by atoms with E-state index in [0.29, 0.717) is 11.3 Å². The standard InChI is InChI=1S/C29H50O/c1-7-21(19(2)3)12-11-20(4)24-15-16-25-23-14-13-22-9-8-10-27(30)29(22,6)26(23)17-18-28(24,25)5/h14,19-22,24-27,30H,7-13,15-18H2,1-6H3/t20-,21?,22?,24-,25+,26+,27?,28-,29+/m1/s1. The second kappa shape index (κ2) is 8.57. The molecule has 3 unspecified atom stereocenters. The Morgan fingerprint density at radius 2 is 1.77 bits per heavy atom. The van der Waals surface area contributed by atoms with Crippen LogP contribution in [0.1, 0.15) is 112 Å². The molecule has 0 aliphatic heterocycles. The van der Waals surface area contributed by atoms with Crippen molar-refractivity contribution in [2.24, 2.45) is 52.3 Å². The Morgan fingerprint density at radius 1 is 1.00 bits per heavy atom. The van der Waals surface area contributed by atoms with E-state index in [4.69, 9.17) is 0 Å². The lowest BCUT2D eigenvalue weighted by molar-refractivity contribution is -0.0959. The highest BCUT2D eigenvalue weighted by Crippen LogP contribution is 2.67. The molecular weight excluding hydrogens is 364 g/mol. The van der Waals surface area contributed by atoms with Gasteiger partial charge in [-0.05, 0) is 98.2 Å². The Bertz CT molecular complexity index is 634. The van der Waals surface area contributed by atoms with E-state index in [1.807, 2.05) is 0 Å². The molecule has 3 fully saturated rings. The van der Waals surface area contributed by atoms with E-state index in [-0.39, 0.29) is 11.5 Å². The lowest BCUT2D eigenvalue weighted by atomic mass is 9.47. The molecule has 0 amide bonds. The summed E-state index contributed by atoms with van der Waals surface area (Å²) in [5.41, 5.74) is 2.45. The molecule has 4 aliphatic rings. The van der Waals surface area contributed by atoms with Crippen LogP contribution in [0.4, 0.5) is 0 Å². The Hall–Kier alpha value is -0.300. The lowest BCUT2D eigenvalue weighted by Gasteiger charge is -2.58. The van der Waals surface area contributed by atoms with Gasteiger partial charge in [0.05, 0.1) is 6.10 Å². The first-order chi connectivity index (χ1) is 14.2. The van der Waals surface area contributed by atoms with Crippen molar-refractivity contribution < 1.29 is 5.11 Å². The fraction of sp³-hybridized carbons (Fsp3) is 0.931. The highest BCUT2D eigenvalue weighted by Gasteiger charge is 2.59. The van der Waals surface area contributed by atoms with Gasteiger partial charge in [-0.1, -0.05) is 72.5 Å². The molecule has 0 radical (unpaired) electrons. The highest BCUT2D eigenvalue weighted by atomic mass is 16.3. The van der Waals surface area contributed by atoms with Gasteiger partial charge in [-0.25, -0.2) is 0 Å². The minimum absolute atomic E-state index is 0.0764. The summed E-state index contributed by atoms with van der Waals surface area (Å²) in [6.07, 6.45) is 17.2. The molecule has 4 rings (SSSR count). The van der Waals surface area contributed by atoms with E-state index in [0.717, 1.165) is 41.9 Å². The largest absolute Gasteiger partial charge is 0.393 e. The Labute approximate surface area is 187 Å². The van der Waals surface area contributed by atoms with Crippen LogP contribution in [-0.4, -0.2) is 11.2 Å². The number of hydrogen-bond donors (Lipinski definition) is 1. The third kappa shape index (κ3) is 3.54. The van der Waals surface area contributed by atoms with E-state index < -0.39 is 0 Å². The molecule has 0 spiro atoms. The van der Waals surface area contributed by atoms with Crippen LogP contribution in [-0.2, 0) is 0 Å². The zero-order chi connectivity index (χ0) is 21.7. The van der Waals surface area contributed by atoms with Crippen LogP contribution in [0.25, 0.3) is 0 Å². The molecule has 4 aliphatic carbocycles. The summed E-state index contributed by atoms with van der Waals surface area (Å²) in [6, 6.07) is 0. The summed E-state index contributed by atoms with van der Waals surface area (Å²) in [7, 11) is 0. The van der Waals surface area contributed by atoms with Crippen LogP contribution in [0.2, 0.25) is 0 Å². The summed E-state index contributed by atoms with van der Waals surface area (Å²) >= 11 is 0. The van der Waals surface area contributed by atoms with Gasteiger partial charge < -0.3 is 5.11 Å². The van der Waals surface area contributed by atoms with E-state index in [9.17, 15) is 5.11 Å². The monoisotopic (exact) mass is 414 g/mol. The molecule has 1 heteroatoms. The first-order valence-electron chi connectivity index (χ1n) is 13.6. The third-order valence-corrected chi connectivity index (χ3v) is 11.3. The molecule has 1 nitrogen and oxygen atoms in total. The Morgan fingerprint density at radius 3 is 2.47 bits per heavy atom. The molecule has 1 N–H and O–H groups in total. The first kappa shape index (κ1) is 22.9. The van der Waals surface area contributed by atoms with Gasteiger partial charge in [-0.15, -0.1) is 0 Å². The average molecular weight is 415 g/mol. The molecule has 30 heavy (non-hydrogen) atoms. The van der Waals surface area contributed by atoms with Crippen LogP contribution in [0.15, 0.2) is 11.6 Å². The molecule has 0 aromatic heterocycles. The molecule has 0 saturated heterocycles. The number of hydrogen-bond acceptors (Lipinski definition) is 1. The average Bonchev–Trinajstić information content (AvgIpc) is 3.06. The molecule has 0 heterocycles. The summed E-state index contributed by atoms with van der Waals surface area (Å²) < 4.78 is 0. The number of allylic oxidation sites excluding steroid dienone is 2. The van der Waals surface area contributed by atoms with Crippen LogP contribution < -0.4 is 0 Å². The summed E-state index contributed by atoms with van der Waals surface area (Å²) in [5, 5.41) is 11.1. The molecule has 0 bridgehead atoms. The smallest absolute Gasteiger partial charge is 0.0602 e. The number of rotatable bonds is 6. The predicted octanol–water partition coefficient (Wildman–Crippen LogP) is 8.02. The van der Waals surface area contributed by atoms with Crippen LogP contribution >= 0.6 is 0 Å². The second-order valence-electron chi connectivity index (χ2n) is 12.7. The molecule has 9 atom stereocenters. The molecular formula is C29H50O. The van der Waals surface area contributed by atoms with Gasteiger partial charge in [0.25, 0.3) is 0 Å². The molecule has 0 aromatic rings. The summed E-state index contributed by atoms with van der Waals surface area (Å²) in [6.45, 7) is 14.9. The first-order valence-corrected chi connectivity index (χ1v) is 13.6. The van der Waals surface area contributed by atoms with Crippen molar-refractivity contribution >= 4 is 0 Å². The maximum absolute atomic E-state index is 11.1. The van der Waals surface area contributed by atoms with Crippen molar-refractivity contribution in [3.05, 3.63) is 11.6 Å². The molecule has 172 valence electrons. The van der Waals surface area contributed by atoms with Crippen molar-refractivity contribution in [3.63, 3.8) is 0 Å².